The Balaban J connectivity index is 2.90. The number of rotatable bonds is 4. The summed E-state index contributed by atoms with van der Waals surface area (Å²) in [5, 5.41) is 31.0. The van der Waals surface area contributed by atoms with Crippen LogP contribution >= 0.6 is 12.6 Å². The summed E-state index contributed by atoms with van der Waals surface area (Å²) in [6, 6.07) is -1.13. The molecule has 1 heterocycles. The summed E-state index contributed by atoms with van der Waals surface area (Å²) in [5.74, 6) is -1.45. The van der Waals surface area contributed by atoms with Crippen molar-refractivity contribution >= 4 is 24.5 Å². The zero-order chi connectivity index (χ0) is 14.6. The Hall–Kier alpha value is -0.870. The normalized spacial score (nSPS) is 34.7. The van der Waals surface area contributed by atoms with Gasteiger partial charge < -0.3 is 30.1 Å². The van der Waals surface area contributed by atoms with Gasteiger partial charge in [-0.25, -0.2) is 0 Å². The van der Waals surface area contributed by atoms with Crippen LogP contribution in [0.4, 0.5) is 0 Å². The van der Waals surface area contributed by atoms with Crippen LogP contribution in [-0.2, 0) is 19.1 Å². The summed E-state index contributed by atoms with van der Waals surface area (Å²) >= 11 is 3.73. The van der Waals surface area contributed by atoms with Crippen molar-refractivity contribution in [2.45, 2.75) is 37.6 Å². The van der Waals surface area contributed by atoms with E-state index < -0.39 is 49.1 Å². The van der Waals surface area contributed by atoms with Crippen molar-refractivity contribution in [3.63, 3.8) is 0 Å². The van der Waals surface area contributed by atoms with Gasteiger partial charge in [-0.05, 0) is 0 Å². The minimum Gasteiger partial charge on any atom is -0.456 e. The van der Waals surface area contributed by atoms with Crippen molar-refractivity contribution in [1.29, 1.82) is 0 Å². The topological polar surface area (TPSA) is 125 Å². The van der Waals surface area contributed by atoms with E-state index in [1.54, 1.807) is 0 Å². The fraction of sp³-hybridized carbons (Fsp3) is 0.800. The summed E-state index contributed by atoms with van der Waals surface area (Å²) in [7, 11) is 0. The maximum Gasteiger partial charge on any atom is 0.316 e. The number of carbonyl (C=O) groups excluding carboxylic acids is 2. The summed E-state index contributed by atoms with van der Waals surface area (Å²) in [6.07, 6.45) is -5.24. The molecule has 5 unspecified atom stereocenters. The highest BCUT2D eigenvalue weighted by Gasteiger charge is 2.47. The lowest BCUT2D eigenvalue weighted by Gasteiger charge is -2.41. The van der Waals surface area contributed by atoms with Gasteiger partial charge in [0.15, 0.2) is 12.4 Å². The minimum absolute atomic E-state index is 0.225. The molecule has 1 aliphatic heterocycles. The first-order valence-electron chi connectivity index (χ1n) is 5.60. The van der Waals surface area contributed by atoms with Gasteiger partial charge in [0.05, 0.1) is 12.4 Å². The molecule has 8 nitrogen and oxygen atoms in total. The molecule has 0 radical (unpaired) electrons. The summed E-state index contributed by atoms with van der Waals surface area (Å²) in [6.45, 7) is 0.634. The first-order chi connectivity index (χ1) is 8.90. The van der Waals surface area contributed by atoms with Crippen molar-refractivity contribution in [3.8, 4) is 0 Å². The Kier molecular flexibility index (Phi) is 6.01. The Morgan fingerprint density at radius 2 is 2.05 bits per heavy atom. The van der Waals surface area contributed by atoms with Crippen LogP contribution in [0.5, 0.6) is 0 Å². The number of thiol groups is 1. The molecule has 4 N–H and O–H groups in total. The first-order valence-corrected chi connectivity index (χ1v) is 6.23. The quantitative estimate of drug-likeness (QED) is 0.284. The van der Waals surface area contributed by atoms with Crippen LogP contribution in [-0.4, -0.2) is 70.2 Å². The van der Waals surface area contributed by atoms with Gasteiger partial charge in [0.1, 0.15) is 18.2 Å². The van der Waals surface area contributed by atoms with Crippen molar-refractivity contribution in [3.05, 3.63) is 0 Å². The number of amides is 1. The third kappa shape index (κ3) is 4.05. The molecule has 110 valence electrons. The average Bonchev–Trinajstić information content (AvgIpc) is 2.36. The van der Waals surface area contributed by atoms with Crippen LogP contribution in [0.2, 0.25) is 0 Å². The molecule has 9 heteroatoms. The number of ether oxygens (including phenoxy) is 2. The predicted molar refractivity (Wildman–Crippen MR) is 65.3 cm³/mol. The molecule has 1 fully saturated rings. The SMILES string of the molecule is CC(=O)NC1C(O)OC(CO)C(O)C1OC(=O)CS. The van der Waals surface area contributed by atoms with Gasteiger partial charge in [-0.3, -0.25) is 9.59 Å². The first kappa shape index (κ1) is 16.2. The highest BCUT2D eigenvalue weighted by atomic mass is 32.1. The van der Waals surface area contributed by atoms with Crippen LogP contribution in [0.25, 0.3) is 0 Å². The van der Waals surface area contributed by atoms with E-state index >= 15 is 0 Å². The molecule has 1 rings (SSSR count). The fourth-order valence-corrected chi connectivity index (χ4v) is 1.88. The molecule has 0 aromatic rings. The molecule has 5 atom stereocenters. The maximum absolute atomic E-state index is 11.3. The number of hydrogen-bond acceptors (Lipinski definition) is 8. The maximum atomic E-state index is 11.3. The minimum atomic E-state index is -1.51. The van der Waals surface area contributed by atoms with Crippen molar-refractivity contribution in [1.82, 2.24) is 5.32 Å². The Morgan fingerprint density at radius 3 is 2.53 bits per heavy atom. The molecule has 1 saturated heterocycles. The van der Waals surface area contributed by atoms with Gasteiger partial charge in [0.25, 0.3) is 0 Å². The van der Waals surface area contributed by atoms with E-state index in [9.17, 15) is 19.8 Å². The molecule has 0 aliphatic carbocycles. The van der Waals surface area contributed by atoms with E-state index in [4.69, 9.17) is 14.6 Å². The van der Waals surface area contributed by atoms with E-state index in [-0.39, 0.29) is 5.75 Å². The summed E-state index contributed by atoms with van der Waals surface area (Å²) < 4.78 is 9.87. The highest BCUT2D eigenvalue weighted by molar-refractivity contribution is 7.81. The zero-order valence-electron chi connectivity index (χ0n) is 10.2. The third-order valence-electron chi connectivity index (χ3n) is 2.64. The second-order valence-electron chi connectivity index (χ2n) is 4.08. The standard InChI is InChI=1S/C10H17NO7S/c1-4(13)11-7-9(18-6(14)3-19)8(15)5(2-12)17-10(7)16/h5,7-10,12,15-16,19H,2-3H2,1H3,(H,11,13). The lowest BCUT2D eigenvalue weighted by atomic mass is 9.96. The highest BCUT2D eigenvalue weighted by Crippen LogP contribution is 2.22. The van der Waals surface area contributed by atoms with Crippen molar-refractivity contribution in [2.75, 3.05) is 12.4 Å². The molecule has 0 saturated carbocycles. The van der Waals surface area contributed by atoms with E-state index in [0.717, 1.165) is 0 Å². The monoisotopic (exact) mass is 295 g/mol. The number of aliphatic hydroxyl groups excluding tert-OH is 3. The second kappa shape index (κ2) is 7.06. The van der Waals surface area contributed by atoms with Gasteiger partial charge in [-0.2, -0.15) is 12.6 Å². The number of hydrogen-bond donors (Lipinski definition) is 5. The van der Waals surface area contributed by atoms with Gasteiger partial charge in [0.2, 0.25) is 5.91 Å². The molecular weight excluding hydrogens is 278 g/mol. The molecule has 1 amide bonds. The lowest BCUT2D eigenvalue weighted by Crippen LogP contribution is -2.65. The van der Waals surface area contributed by atoms with Crippen molar-refractivity contribution < 1.29 is 34.4 Å². The zero-order valence-corrected chi connectivity index (χ0v) is 11.1. The molecule has 0 aromatic carbocycles. The van der Waals surface area contributed by atoms with Crippen LogP contribution in [0.3, 0.4) is 0 Å². The average molecular weight is 295 g/mol. The number of nitrogens with one attached hydrogen (secondary N) is 1. The Labute approximate surface area is 115 Å². The lowest BCUT2D eigenvalue weighted by molar-refractivity contribution is -0.258. The van der Waals surface area contributed by atoms with Crippen LogP contribution in [0.1, 0.15) is 6.92 Å². The molecule has 0 spiro atoms. The van der Waals surface area contributed by atoms with Gasteiger partial charge in [-0.15, -0.1) is 0 Å². The van der Waals surface area contributed by atoms with Crippen LogP contribution < -0.4 is 5.32 Å². The molecule has 0 aromatic heterocycles. The van der Waals surface area contributed by atoms with Crippen molar-refractivity contribution in [2.24, 2.45) is 0 Å². The summed E-state index contributed by atoms with van der Waals surface area (Å²) in [4.78, 5) is 22.3. The predicted octanol–water partition coefficient (Wildman–Crippen LogP) is -2.60. The second-order valence-corrected chi connectivity index (χ2v) is 4.39. The third-order valence-corrected chi connectivity index (χ3v) is 2.90. The van der Waals surface area contributed by atoms with Gasteiger partial charge in [0, 0.05) is 6.92 Å². The van der Waals surface area contributed by atoms with E-state index in [2.05, 4.69) is 17.9 Å². The van der Waals surface area contributed by atoms with E-state index in [0.29, 0.717) is 0 Å². The molecular formula is C10H17NO7S. The van der Waals surface area contributed by atoms with E-state index in [1.807, 2.05) is 0 Å². The Morgan fingerprint density at radius 1 is 1.42 bits per heavy atom. The number of carbonyl (C=O) groups is 2. The van der Waals surface area contributed by atoms with E-state index in [1.165, 1.54) is 6.92 Å². The molecule has 1 aliphatic rings. The van der Waals surface area contributed by atoms with Gasteiger partial charge >= 0.3 is 5.97 Å². The largest absolute Gasteiger partial charge is 0.456 e. The van der Waals surface area contributed by atoms with Crippen LogP contribution in [0.15, 0.2) is 0 Å². The fourth-order valence-electron chi connectivity index (χ4n) is 1.80. The number of aliphatic hydroxyl groups is 3. The Bertz CT molecular complexity index is 340. The summed E-state index contributed by atoms with van der Waals surface area (Å²) in [5.41, 5.74) is 0. The number of esters is 1. The smallest absolute Gasteiger partial charge is 0.316 e. The van der Waals surface area contributed by atoms with Gasteiger partial charge in [-0.1, -0.05) is 0 Å². The molecule has 19 heavy (non-hydrogen) atoms. The molecule has 0 bridgehead atoms. The van der Waals surface area contributed by atoms with Crippen LogP contribution in [0, 0.1) is 0 Å².